The van der Waals surface area contributed by atoms with Gasteiger partial charge in [-0.3, -0.25) is 4.98 Å². The molecule has 2 heterocycles. The molecule has 1 N–H and O–H groups in total. The molecule has 0 aliphatic carbocycles. The summed E-state index contributed by atoms with van der Waals surface area (Å²) in [7, 11) is 0. The minimum absolute atomic E-state index is 0.233. The standard InChI is InChI=1S/C10H7ClN4/c11-9-8(1-4-12)14-10(15-9)7-2-5-13-6-3-7/h2-3,5-6H,1H2,(H,14,15). The van der Waals surface area contributed by atoms with Gasteiger partial charge >= 0.3 is 0 Å². The number of pyridine rings is 1. The third-order valence-corrected chi connectivity index (χ3v) is 2.25. The number of halogens is 1. The van der Waals surface area contributed by atoms with Crippen LogP contribution in [0.15, 0.2) is 24.5 Å². The molecule has 0 amide bonds. The topological polar surface area (TPSA) is 65.4 Å². The number of rotatable bonds is 2. The van der Waals surface area contributed by atoms with E-state index in [0.29, 0.717) is 16.7 Å². The summed E-state index contributed by atoms with van der Waals surface area (Å²) in [6.07, 6.45) is 3.59. The third-order valence-electron chi connectivity index (χ3n) is 1.94. The van der Waals surface area contributed by atoms with Crippen molar-refractivity contribution in [3.63, 3.8) is 0 Å². The van der Waals surface area contributed by atoms with E-state index in [0.717, 1.165) is 5.56 Å². The molecule has 0 fully saturated rings. The van der Waals surface area contributed by atoms with E-state index >= 15 is 0 Å². The maximum absolute atomic E-state index is 8.56. The summed E-state index contributed by atoms with van der Waals surface area (Å²) in [6.45, 7) is 0. The van der Waals surface area contributed by atoms with Crippen LogP contribution in [0.4, 0.5) is 0 Å². The van der Waals surface area contributed by atoms with Gasteiger partial charge in [0.2, 0.25) is 0 Å². The van der Waals surface area contributed by atoms with Gasteiger partial charge in [0.1, 0.15) is 5.82 Å². The number of hydrogen-bond acceptors (Lipinski definition) is 3. The number of aromatic nitrogens is 3. The zero-order valence-corrected chi connectivity index (χ0v) is 8.49. The van der Waals surface area contributed by atoms with E-state index in [1.54, 1.807) is 12.4 Å². The molecule has 0 aromatic carbocycles. The van der Waals surface area contributed by atoms with Gasteiger partial charge in [0.05, 0.1) is 18.2 Å². The Bertz CT molecular complexity index is 498. The quantitative estimate of drug-likeness (QED) is 0.840. The first kappa shape index (κ1) is 9.69. The molecule has 0 spiro atoms. The van der Waals surface area contributed by atoms with Crippen molar-refractivity contribution in [2.45, 2.75) is 6.42 Å². The van der Waals surface area contributed by atoms with Crippen LogP contribution in [-0.2, 0) is 6.42 Å². The Morgan fingerprint density at radius 2 is 2.13 bits per heavy atom. The first-order valence-electron chi connectivity index (χ1n) is 4.33. The van der Waals surface area contributed by atoms with Crippen molar-refractivity contribution >= 4 is 11.6 Å². The van der Waals surface area contributed by atoms with Crippen LogP contribution >= 0.6 is 11.6 Å². The van der Waals surface area contributed by atoms with E-state index in [9.17, 15) is 0 Å². The van der Waals surface area contributed by atoms with E-state index in [-0.39, 0.29) is 6.42 Å². The predicted octanol–water partition coefficient (Wildman–Crippen LogP) is 2.19. The van der Waals surface area contributed by atoms with Gasteiger partial charge in [-0.1, -0.05) is 11.6 Å². The molecule has 0 unspecified atom stereocenters. The highest BCUT2D eigenvalue weighted by molar-refractivity contribution is 6.30. The van der Waals surface area contributed by atoms with Crippen LogP contribution in [0.25, 0.3) is 11.4 Å². The average molecular weight is 219 g/mol. The molecule has 2 aromatic rings. The lowest BCUT2D eigenvalue weighted by Crippen LogP contribution is -1.83. The number of imidazole rings is 1. The molecule has 0 saturated heterocycles. The molecule has 74 valence electrons. The zero-order valence-electron chi connectivity index (χ0n) is 7.74. The SMILES string of the molecule is N#CCc1[nH]c(-c2ccncc2)nc1Cl. The van der Waals surface area contributed by atoms with Crippen molar-refractivity contribution in [1.82, 2.24) is 15.0 Å². The lowest BCUT2D eigenvalue weighted by molar-refractivity contribution is 1.16. The second-order valence-corrected chi connectivity index (χ2v) is 3.28. The largest absolute Gasteiger partial charge is 0.340 e. The van der Waals surface area contributed by atoms with E-state index in [4.69, 9.17) is 16.9 Å². The second kappa shape index (κ2) is 4.11. The molecule has 5 heteroatoms. The van der Waals surface area contributed by atoms with Crippen molar-refractivity contribution in [1.29, 1.82) is 5.26 Å². The third kappa shape index (κ3) is 1.97. The Balaban J connectivity index is 2.40. The minimum atomic E-state index is 0.233. The van der Waals surface area contributed by atoms with Gasteiger partial charge < -0.3 is 4.98 Å². The van der Waals surface area contributed by atoms with Gasteiger partial charge in [-0.15, -0.1) is 0 Å². The van der Waals surface area contributed by atoms with Gasteiger partial charge in [0.15, 0.2) is 5.15 Å². The molecule has 0 atom stereocenters. The smallest absolute Gasteiger partial charge is 0.151 e. The summed E-state index contributed by atoms with van der Waals surface area (Å²) in [5.74, 6) is 0.660. The van der Waals surface area contributed by atoms with Gasteiger partial charge in [-0.2, -0.15) is 5.26 Å². The van der Waals surface area contributed by atoms with Crippen molar-refractivity contribution in [2.75, 3.05) is 0 Å². The minimum Gasteiger partial charge on any atom is -0.340 e. The van der Waals surface area contributed by atoms with Crippen LogP contribution in [0.2, 0.25) is 5.15 Å². The molecular formula is C10H7ClN4. The number of nitrogens with one attached hydrogen (secondary N) is 1. The number of aromatic amines is 1. The van der Waals surface area contributed by atoms with Crippen molar-refractivity contribution in [3.8, 4) is 17.5 Å². The molecule has 15 heavy (non-hydrogen) atoms. The van der Waals surface area contributed by atoms with Crippen molar-refractivity contribution in [2.24, 2.45) is 0 Å². The van der Waals surface area contributed by atoms with Crippen LogP contribution in [-0.4, -0.2) is 15.0 Å². The van der Waals surface area contributed by atoms with Gasteiger partial charge in [0, 0.05) is 18.0 Å². The van der Waals surface area contributed by atoms with Gasteiger partial charge in [0.25, 0.3) is 0 Å². The average Bonchev–Trinajstić information content (AvgIpc) is 2.63. The number of nitriles is 1. The summed E-state index contributed by atoms with van der Waals surface area (Å²) < 4.78 is 0. The summed E-state index contributed by atoms with van der Waals surface area (Å²) in [5, 5.41) is 8.91. The van der Waals surface area contributed by atoms with Crippen LogP contribution in [0.1, 0.15) is 5.69 Å². The van der Waals surface area contributed by atoms with Crippen molar-refractivity contribution in [3.05, 3.63) is 35.4 Å². The molecule has 0 bridgehead atoms. The fourth-order valence-electron chi connectivity index (χ4n) is 1.23. The van der Waals surface area contributed by atoms with Gasteiger partial charge in [-0.05, 0) is 12.1 Å². The van der Waals surface area contributed by atoms with E-state index in [1.165, 1.54) is 0 Å². The molecule has 2 aromatic heterocycles. The monoisotopic (exact) mass is 218 g/mol. The maximum atomic E-state index is 8.56. The molecule has 2 rings (SSSR count). The summed E-state index contributed by atoms with van der Waals surface area (Å²) >= 11 is 5.86. The normalized spacial score (nSPS) is 9.87. The van der Waals surface area contributed by atoms with Crippen LogP contribution < -0.4 is 0 Å². The molecule has 0 aliphatic heterocycles. The zero-order chi connectivity index (χ0) is 10.7. The lowest BCUT2D eigenvalue weighted by atomic mass is 10.2. The first-order chi connectivity index (χ1) is 7.31. The number of H-pyrrole nitrogens is 1. The van der Waals surface area contributed by atoms with E-state index in [2.05, 4.69) is 15.0 Å². The molecular weight excluding hydrogens is 212 g/mol. The lowest BCUT2D eigenvalue weighted by Gasteiger charge is -1.93. The Hall–Kier alpha value is -1.86. The summed E-state index contributed by atoms with van der Waals surface area (Å²) in [4.78, 5) is 11.0. The number of hydrogen-bond donors (Lipinski definition) is 1. The molecule has 0 radical (unpaired) electrons. The highest BCUT2D eigenvalue weighted by Crippen LogP contribution is 2.20. The Labute approximate surface area is 91.6 Å². The van der Waals surface area contributed by atoms with E-state index in [1.807, 2.05) is 18.2 Å². The Morgan fingerprint density at radius 3 is 2.80 bits per heavy atom. The number of nitrogens with zero attached hydrogens (tertiary/aromatic N) is 3. The summed E-state index contributed by atoms with van der Waals surface area (Å²) in [5.41, 5.74) is 1.54. The fraction of sp³-hybridized carbons (Fsp3) is 0.100. The van der Waals surface area contributed by atoms with Crippen LogP contribution in [0, 0.1) is 11.3 Å². The predicted molar refractivity (Wildman–Crippen MR) is 56.1 cm³/mol. The molecule has 4 nitrogen and oxygen atoms in total. The summed E-state index contributed by atoms with van der Waals surface area (Å²) in [6, 6.07) is 5.67. The highest BCUT2D eigenvalue weighted by atomic mass is 35.5. The fourth-order valence-corrected chi connectivity index (χ4v) is 1.43. The molecule has 0 saturated carbocycles. The first-order valence-corrected chi connectivity index (χ1v) is 4.71. The molecule has 0 aliphatic rings. The second-order valence-electron chi connectivity index (χ2n) is 2.93. The van der Waals surface area contributed by atoms with Crippen LogP contribution in [0.3, 0.4) is 0 Å². The van der Waals surface area contributed by atoms with Gasteiger partial charge in [-0.25, -0.2) is 4.98 Å². The van der Waals surface area contributed by atoms with Crippen molar-refractivity contribution < 1.29 is 0 Å². The Morgan fingerprint density at radius 1 is 1.40 bits per heavy atom. The highest BCUT2D eigenvalue weighted by Gasteiger charge is 2.08. The van der Waals surface area contributed by atoms with Crippen LogP contribution in [0.5, 0.6) is 0 Å². The van der Waals surface area contributed by atoms with E-state index < -0.39 is 0 Å². The Kier molecular flexibility index (Phi) is 2.66. The maximum Gasteiger partial charge on any atom is 0.151 e.